The zero-order chi connectivity index (χ0) is 21.2. The highest BCUT2D eigenvalue weighted by atomic mass is 16.5. The largest absolute Gasteiger partial charge is 0.393 e. The van der Waals surface area contributed by atoms with Gasteiger partial charge >= 0.3 is 0 Å². The van der Waals surface area contributed by atoms with E-state index in [9.17, 15) is 5.11 Å². The summed E-state index contributed by atoms with van der Waals surface area (Å²) in [6.45, 7) is 1.16. The molecule has 1 aliphatic carbocycles. The Bertz CT molecular complexity index is 1020. The van der Waals surface area contributed by atoms with E-state index < -0.39 is 0 Å². The molecule has 0 spiro atoms. The molecule has 2 heterocycles. The van der Waals surface area contributed by atoms with Crippen LogP contribution in [0.1, 0.15) is 54.8 Å². The average molecular weight is 418 g/mol. The lowest BCUT2D eigenvalue weighted by Crippen LogP contribution is -2.30. The molecule has 2 aromatic carbocycles. The summed E-state index contributed by atoms with van der Waals surface area (Å²) < 4.78 is 8.43. The summed E-state index contributed by atoms with van der Waals surface area (Å²) in [4.78, 5) is 4.34. The molecule has 3 aromatic rings. The number of ether oxygens (including phenoxy) is 1. The van der Waals surface area contributed by atoms with Crippen molar-refractivity contribution in [3.8, 4) is 11.3 Å². The van der Waals surface area contributed by atoms with Crippen LogP contribution in [0.25, 0.3) is 11.3 Å². The fourth-order valence-electron chi connectivity index (χ4n) is 5.34. The summed E-state index contributed by atoms with van der Waals surface area (Å²) in [5, 5.41) is 11.1. The number of aliphatic hydroxyl groups excluding tert-OH is 1. The van der Waals surface area contributed by atoms with Gasteiger partial charge in [0, 0.05) is 12.1 Å². The Morgan fingerprint density at radius 2 is 1.77 bits per heavy atom. The third-order valence-electron chi connectivity index (χ3n) is 7.14. The Balaban J connectivity index is 1.16. The SMILES string of the molecule is NCc1ccccc1COC1CCC(C(O)CC2c3ccccc3-c3cncn32)CC1. The van der Waals surface area contributed by atoms with Crippen molar-refractivity contribution in [1.82, 2.24) is 9.55 Å². The van der Waals surface area contributed by atoms with Crippen molar-refractivity contribution in [2.24, 2.45) is 11.7 Å². The summed E-state index contributed by atoms with van der Waals surface area (Å²) in [5.74, 6) is 0.330. The van der Waals surface area contributed by atoms with E-state index in [1.807, 2.05) is 24.7 Å². The van der Waals surface area contributed by atoms with Gasteiger partial charge < -0.3 is 20.1 Å². The predicted octanol–water partition coefficient (Wildman–Crippen LogP) is 4.44. The number of imidazole rings is 1. The van der Waals surface area contributed by atoms with Gasteiger partial charge in [0.2, 0.25) is 0 Å². The smallest absolute Gasteiger partial charge is 0.0956 e. The molecule has 162 valence electrons. The highest BCUT2D eigenvalue weighted by Crippen LogP contribution is 2.42. The summed E-state index contributed by atoms with van der Waals surface area (Å²) in [7, 11) is 0. The van der Waals surface area contributed by atoms with Crippen LogP contribution in [0.2, 0.25) is 0 Å². The van der Waals surface area contributed by atoms with Crippen molar-refractivity contribution in [1.29, 1.82) is 0 Å². The number of fused-ring (bicyclic) bond motifs is 3. The highest BCUT2D eigenvalue weighted by Gasteiger charge is 2.33. The standard InChI is InChI=1S/C26H31N3O2/c27-14-19-5-1-2-6-20(19)16-31-21-11-9-18(10-12-21)26(30)13-24-22-7-3-4-8-23(22)25-15-28-17-29(24)25/h1-8,15,17-18,21,24,26,30H,9-14,16,27H2. The number of benzene rings is 2. The number of nitrogens with two attached hydrogens (primary N) is 1. The number of hydrogen-bond acceptors (Lipinski definition) is 4. The number of aromatic nitrogens is 2. The maximum absolute atomic E-state index is 11.1. The summed E-state index contributed by atoms with van der Waals surface area (Å²) in [5.41, 5.74) is 11.9. The van der Waals surface area contributed by atoms with Crippen molar-refractivity contribution in [3.05, 3.63) is 77.7 Å². The maximum atomic E-state index is 11.1. The Kier molecular flexibility index (Phi) is 5.90. The molecule has 5 rings (SSSR count). The lowest BCUT2D eigenvalue weighted by Gasteiger charge is -2.33. The van der Waals surface area contributed by atoms with E-state index in [0.717, 1.165) is 43.4 Å². The van der Waals surface area contributed by atoms with E-state index in [1.165, 1.54) is 16.7 Å². The quantitative estimate of drug-likeness (QED) is 0.596. The topological polar surface area (TPSA) is 73.3 Å². The first-order valence-corrected chi connectivity index (χ1v) is 11.4. The predicted molar refractivity (Wildman–Crippen MR) is 121 cm³/mol. The molecule has 5 heteroatoms. The first-order chi connectivity index (χ1) is 15.2. The number of hydrogen-bond donors (Lipinski definition) is 2. The Hall–Kier alpha value is -2.47. The van der Waals surface area contributed by atoms with Gasteiger partial charge in [0.05, 0.1) is 43.1 Å². The molecule has 5 nitrogen and oxygen atoms in total. The minimum atomic E-state index is -0.315. The molecule has 1 aliphatic heterocycles. The number of aliphatic hydroxyl groups is 1. The first kappa shape index (κ1) is 20.4. The van der Waals surface area contributed by atoms with Crippen molar-refractivity contribution in [2.45, 2.75) is 63.5 Å². The molecular formula is C26H31N3O2. The summed E-state index contributed by atoms with van der Waals surface area (Å²) in [6.07, 6.45) is 8.54. The molecule has 2 aliphatic rings. The molecule has 0 amide bonds. The first-order valence-electron chi connectivity index (χ1n) is 11.4. The Morgan fingerprint density at radius 1 is 1.03 bits per heavy atom. The third-order valence-corrected chi connectivity index (χ3v) is 7.14. The van der Waals surface area contributed by atoms with Gasteiger partial charge in [-0.15, -0.1) is 0 Å². The van der Waals surface area contributed by atoms with Crippen LogP contribution in [0.5, 0.6) is 0 Å². The van der Waals surface area contributed by atoms with Crippen LogP contribution in [0.15, 0.2) is 61.1 Å². The monoisotopic (exact) mass is 417 g/mol. The molecule has 0 saturated heterocycles. The Labute approximate surface area is 183 Å². The molecule has 1 saturated carbocycles. The van der Waals surface area contributed by atoms with Crippen LogP contribution in [-0.2, 0) is 17.9 Å². The number of rotatable bonds is 7. The van der Waals surface area contributed by atoms with Gasteiger partial charge in [-0.05, 0) is 54.7 Å². The van der Waals surface area contributed by atoms with Crippen LogP contribution >= 0.6 is 0 Å². The van der Waals surface area contributed by atoms with Crippen molar-refractivity contribution in [2.75, 3.05) is 0 Å². The summed E-state index contributed by atoms with van der Waals surface area (Å²) >= 11 is 0. The summed E-state index contributed by atoms with van der Waals surface area (Å²) in [6, 6.07) is 16.9. The molecule has 2 atom stereocenters. The van der Waals surface area contributed by atoms with Crippen molar-refractivity contribution < 1.29 is 9.84 Å². The molecule has 1 aromatic heterocycles. The minimum Gasteiger partial charge on any atom is -0.393 e. The van der Waals surface area contributed by atoms with Gasteiger partial charge in [0.25, 0.3) is 0 Å². The molecule has 2 unspecified atom stereocenters. The van der Waals surface area contributed by atoms with Crippen molar-refractivity contribution in [3.63, 3.8) is 0 Å². The van der Waals surface area contributed by atoms with Gasteiger partial charge in [0.15, 0.2) is 0 Å². The van der Waals surface area contributed by atoms with Gasteiger partial charge in [-0.25, -0.2) is 4.98 Å². The second-order valence-corrected chi connectivity index (χ2v) is 8.91. The van der Waals surface area contributed by atoms with Crippen LogP contribution < -0.4 is 5.73 Å². The van der Waals surface area contributed by atoms with Crippen LogP contribution in [0, 0.1) is 5.92 Å². The average Bonchev–Trinajstić information content (AvgIpc) is 3.41. The van der Waals surface area contributed by atoms with E-state index >= 15 is 0 Å². The van der Waals surface area contributed by atoms with Gasteiger partial charge in [0.1, 0.15) is 0 Å². The van der Waals surface area contributed by atoms with Crippen LogP contribution in [0.3, 0.4) is 0 Å². The lowest BCUT2D eigenvalue weighted by molar-refractivity contribution is -0.0162. The van der Waals surface area contributed by atoms with E-state index in [2.05, 4.69) is 45.9 Å². The third kappa shape index (κ3) is 4.05. The van der Waals surface area contributed by atoms with Crippen LogP contribution in [0.4, 0.5) is 0 Å². The number of nitrogens with zero attached hydrogens (tertiary/aromatic N) is 2. The molecule has 3 N–H and O–H groups in total. The van der Waals surface area contributed by atoms with Crippen LogP contribution in [-0.4, -0.2) is 26.9 Å². The second-order valence-electron chi connectivity index (χ2n) is 8.91. The van der Waals surface area contributed by atoms with Gasteiger partial charge in [-0.1, -0.05) is 48.5 Å². The lowest BCUT2D eigenvalue weighted by atomic mass is 9.81. The minimum absolute atomic E-state index is 0.172. The van der Waals surface area contributed by atoms with E-state index in [-0.39, 0.29) is 18.2 Å². The van der Waals surface area contributed by atoms with Gasteiger partial charge in [-0.3, -0.25) is 0 Å². The zero-order valence-corrected chi connectivity index (χ0v) is 17.9. The Morgan fingerprint density at radius 3 is 2.58 bits per heavy atom. The molecule has 31 heavy (non-hydrogen) atoms. The fraction of sp³-hybridized carbons (Fsp3) is 0.423. The van der Waals surface area contributed by atoms with Gasteiger partial charge in [-0.2, -0.15) is 0 Å². The van der Waals surface area contributed by atoms with E-state index in [0.29, 0.717) is 19.1 Å². The maximum Gasteiger partial charge on any atom is 0.0956 e. The molecule has 0 radical (unpaired) electrons. The molecular weight excluding hydrogens is 386 g/mol. The fourth-order valence-corrected chi connectivity index (χ4v) is 5.34. The van der Waals surface area contributed by atoms with Crippen molar-refractivity contribution >= 4 is 0 Å². The zero-order valence-electron chi connectivity index (χ0n) is 17.9. The second kappa shape index (κ2) is 8.95. The molecule has 0 bridgehead atoms. The normalized spacial score (nSPS) is 23.4. The van der Waals surface area contributed by atoms with E-state index in [4.69, 9.17) is 10.5 Å². The highest BCUT2D eigenvalue weighted by molar-refractivity contribution is 5.68. The molecule has 1 fully saturated rings. The van der Waals surface area contributed by atoms with E-state index in [1.54, 1.807) is 0 Å².